The number of carbonyl (C=O) groups excluding carboxylic acids is 2. The summed E-state index contributed by atoms with van der Waals surface area (Å²) in [5, 5.41) is 3.54. The Bertz CT molecular complexity index is 962. The van der Waals surface area contributed by atoms with Crippen LogP contribution in [-0.2, 0) is 14.3 Å². The first-order chi connectivity index (χ1) is 19.4. The molecule has 3 fully saturated rings. The molecular formula is C31H49N3O6. The summed E-state index contributed by atoms with van der Waals surface area (Å²) < 4.78 is 22.4. The lowest BCUT2D eigenvalue weighted by Crippen LogP contribution is -2.45. The second-order valence-electron chi connectivity index (χ2n) is 11.8. The third-order valence-electron chi connectivity index (χ3n) is 8.37. The average Bonchev–Trinajstić information content (AvgIpc) is 3.71. The molecule has 1 aromatic rings. The van der Waals surface area contributed by atoms with Crippen molar-refractivity contribution < 1.29 is 28.5 Å². The minimum atomic E-state index is -0.0189. The number of benzene rings is 1. The van der Waals surface area contributed by atoms with Crippen molar-refractivity contribution in [1.82, 2.24) is 15.1 Å². The summed E-state index contributed by atoms with van der Waals surface area (Å²) >= 11 is 0. The van der Waals surface area contributed by atoms with Crippen LogP contribution in [0.25, 0.3) is 0 Å². The van der Waals surface area contributed by atoms with E-state index in [9.17, 15) is 9.59 Å². The molecule has 1 saturated carbocycles. The zero-order valence-electron chi connectivity index (χ0n) is 24.9. The van der Waals surface area contributed by atoms with Crippen molar-refractivity contribution in [2.75, 3.05) is 60.2 Å². The highest BCUT2D eigenvalue weighted by Gasteiger charge is 2.39. The number of ether oxygens (including phenoxy) is 4. The molecule has 0 bridgehead atoms. The second kappa shape index (κ2) is 15.0. The number of hydrogen-bond acceptors (Lipinski definition) is 7. The van der Waals surface area contributed by atoms with Crippen molar-refractivity contribution in [1.29, 1.82) is 0 Å². The van der Waals surface area contributed by atoms with Gasteiger partial charge in [0.05, 0.1) is 26.2 Å². The van der Waals surface area contributed by atoms with E-state index in [1.165, 1.54) is 0 Å². The first-order valence-corrected chi connectivity index (χ1v) is 15.1. The zero-order chi connectivity index (χ0) is 28.5. The molecule has 2 aliphatic heterocycles. The van der Waals surface area contributed by atoms with E-state index in [0.29, 0.717) is 55.2 Å². The van der Waals surface area contributed by atoms with Gasteiger partial charge in [-0.3, -0.25) is 9.59 Å². The number of methoxy groups -OCH3 is 2. The molecule has 0 spiro atoms. The predicted octanol–water partition coefficient (Wildman–Crippen LogP) is 3.75. The van der Waals surface area contributed by atoms with Crippen molar-refractivity contribution in [2.45, 2.75) is 77.0 Å². The van der Waals surface area contributed by atoms with E-state index in [1.54, 1.807) is 26.4 Å². The van der Waals surface area contributed by atoms with E-state index in [1.807, 2.05) is 11.0 Å². The smallest absolute Gasteiger partial charge is 0.254 e. The van der Waals surface area contributed by atoms with E-state index < -0.39 is 0 Å². The minimum Gasteiger partial charge on any atom is -0.493 e. The van der Waals surface area contributed by atoms with Gasteiger partial charge in [0.15, 0.2) is 11.5 Å². The predicted molar refractivity (Wildman–Crippen MR) is 154 cm³/mol. The second-order valence-corrected chi connectivity index (χ2v) is 11.8. The fourth-order valence-corrected chi connectivity index (χ4v) is 5.84. The molecule has 3 atom stereocenters. The van der Waals surface area contributed by atoms with Crippen LogP contribution >= 0.6 is 0 Å². The number of nitrogens with one attached hydrogen (secondary N) is 1. The molecule has 9 heteroatoms. The first kappa shape index (κ1) is 30.6. The lowest BCUT2D eigenvalue weighted by Gasteiger charge is -2.34. The molecule has 224 valence electrons. The zero-order valence-corrected chi connectivity index (χ0v) is 24.9. The standard InChI is InChI=1S/C31H49N3O6/c1-22(2)33(31(36)23-9-12-28(38-4)29(16-23)40-15-7-13-37-3)20-24-18-32-19-25(24)21-34(26-10-11-26)30(35)17-27-8-5-6-14-39-27/h9,12,16,22,24-27,32H,5-8,10-11,13-15,17-21H2,1-4H3/t24-,25-,27-/m0/s1. The van der Waals surface area contributed by atoms with Gasteiger partial charge in [-0.15, -0.1) is 0 Å². The molecule has 0 unspecified atom stereocenters. The molecule has 2 heterocycles. The summed E-state index contributed by atoms with van der Waals surface area (Å²) in [5.41, 5.74) is 0.584. The molecule has 9 nitrogen and oxygen atoms in total. The van der Waals surface area contributed by atoms with Crippen LogP contribution in [0.2, 0.25) is 0 Å². The molecule has 2 saturated heterocycles. The SMILES string of the molecule is COCCCOc1cc(C(=O)N(C[C@@H]2CNC[C@H]2CN(C(=O)C[C@@H]2CCCCO2)C2CC2)C(C)C)ccc1OC. The Morgan fingerprint density at radius 2 is 1.80 bits per heavy atom. The van der Waals surface area contributed by atoms with Gasteiger partial charge >= 0.3 is 0 Å². The molecule has 3 aliphatic rings. The van der Waals surface area contributed by atoms with Crippen LogP contribution in [0, 0.1) is 11.8 Å². The quantitative estimate of drug-likeness (QED) is 0.328. The van der Waals surface area contributed by atoms with E-state index in [-0.39, 0.29) is 29.9 Å². The van der Waals surface area contributed by atoms with Crippen molar-refractivity contribution in [2.24, 2.45) is 11.8 Å². The van der Waals surface area contributed by atoms with Crippen LogP contribution in [-0.4, -0.2) is 100 Å². The van der Waals surface area contributed by atoms with Crippen LogP contribution in [0.15, 0.2) is 18.2 Å². The number of rotatable bonds is 15. The van der Waals surface area contributed by atoms with Gasteiger partial charge in [0.2, 0.25) is 5.91 Å². The molecule has 0 radical (unpaired) electrons. The lowest BCUT2D eigenvalue weighted by molar-refractivity contribution is -0.136. The monoisotopic (exact) mass is 559 g/mol. The van der Waals surface area contributed by atoms with Crippen LogP contribution in [0.3, 0.4) is 0 Å². The van der Waals surface area contributed by atoms with Crippen molar-refractivity contribution in [3.05, 3.63) is 23.8 Å². The van der Waals surface area contributed by atoms with Gasteiger partial charge in [-0.2, -0.15) is 0 Å². The Kier molecular flexibility index (Phi) is 11.5. The molecular weight excluding hydrogens is 510 g/mol. The molecule has 1 aliphatic carbocycles. The first-order valence-electron chi connectivity index (χ1n) is 15.1. The Labute approximate surface area is 239 Å². The van der Waals surface area contributed by atoms with Gasteiger partial charge in [-0.25, -0.2) is 0 Å². The summed E-state index contributed by atoms with van der Waals surface area (Å²) in [7, 11) is 3.27. The van der Waals surface area contributed by atoms with E-state index in [2.05, 4.69) is 24.1 Å². The van der Waals surface area contributed by atoms with E-state index >= 15 is 0 Å². The van der Waals surface area contributed by atoms with Crippen molar-refractivity contribution in [3.8, 4) is 11.5 Å². The highest BCUT2D eigenvalue weighted by molar-refractivity contribution is 5.95. The number of hydrogen-bond donors (Lipinski definition) is 1. The van der Waals surface area contributed by atoms with E-state index in [4.69, 9.17) is 18.9 Å². The fraction of sp³-hybridized carbons (Fsp3) is 0.742. The molecule has 0 aromatic heterocycles. The summed E-state index contributed by atoms with van der Waals surface area (Å²) in [6, 6.07) is 5.79. The molecule has 1 N–H and O–H groups in total. The minimum absolute atomic E-state index is 0.0189. The maximum atomic E-state index is 13.8. The number of carbonyl (C=O) groups is 2. The normalized spacial score (nSPS) is 22.8. The van der Waals surface area contributed by atoms with Gasteiger partial charge in [0.1, 0.15) is 0 Å². The fourth-order valence-electron chi connectivity index (χ4n) is 5.84. The van der Waals surface area contributed by atoms with Crippen LogP contribution in [0.1, 0.15) is 69.2 Å². The lowest BCUT2D eigenvalue weighted by atomic mass is 9.93. The van der Waals surface area contributed by atoms with E-state index in [0.717, 1.165) is 64.8 Å². The largest absolute Gasteiger partial charge is 0.493 e. The van der Waals surface area contributed by atoms with Gasteiger partial charge in [0, 0.05) is 70.6 Å². The van der Waals surface area contributed by atoms with Crippen LogP contribution < -0.4 is 14.8 Å². The van der Waals surface area contributed by atoms with Gasteiger partial charge < -0.3 is 34.1 Å². The van der Waals surface area contributed by atoms with Crippen molar-refractivity contribution >= 4 is 11.8 Å². The third-order valence-corrected chi connectivity index (χ3v) is 8.37. The molecule has 2 amide bonds. The highest BCUT2D eigenvalue weighted by atomic mass is 16.5. The summed E-state index contributed by atoms with van der Waals surface area (Å²) in [6.45, 7) is 9.07. The maximum Gasteiger partial charge on any atom is 0.254 e. The topological polar surface area (TPSA) is 89.6 Å². The number of amides is 2. The third kappa shape index (κ3) is 8.33. The Morgan fingerprint density at radius 1 is 1.02 bits per heavy atom. The summed E-state index contributed by atoms with van der Waals surface area (Å²) in [6.07, 6.45) is 6.70. The van der Waals surface area contributed by atoms with Gasteiger partial charge in [-0.1, -0.05) is 0 Å². The Hall–Kier alpha value is -2.36. The Balaban J connectivity index is 1.40. The van der Waals surface area contributed by atoms with Crippen LogP contribution in [0.4, 0.5) is 0 Å². The van der Waals surface area contributed by atoms with Gasteiger partial charge in [0.25, 0.3) is 5.91 Å². The molecule has 40 heavy (non-hydrogen) atoms. The number of nitrogens with zero attached hydrogens (tertiary/aromatic N) is 2. The molecule has 1 aromatic carbocycles. The Morgan fingerprint density at radius 3 is 2.45 bits per heavy atom. The summed E-state index contributed by atoms with van der Waals surface area (Å²) in [5.74, 6) is 1.96. The van der Waals surface area contributed by atoms with Gasteiger partial charge in [-0.05, 0) is 76.0 Å². The average molecular weight is 560 g/mol. The summed E-state index contributed by atoms with van der Waals surface area (Å²) in [4.78, 5) is 31.2. The van der Waals surface area contributed by atoms with Crippen LogP contribution in [0.5, 0.6) is 11.5 Å². The highest BCUT2D eigenvalue weighted by Crippen LogP contribution is 2.33. The maximum absolute atomic E-state index is 13.8. The molecule has 4 rings (SSSR count). The van der Waals surface area contributed by atoms with Crippen molar-refractivity contribution in [3.63, 3.8) is 0 Å².